The highest BCUT2D eigenvalue weighted by Gasteiger charge is 2.12. The predicted octanol–water partition coefficient (Wildman–Crippen LogP) is 2.89. The van der Waals surface area contributed by atoms with Crippen LogP contribution in [0.25, 0.3) is 6.08 Å². The quantitative estimate of drug-likeness (QED) is 0.825. The van der Waals surface area contributed by atoms with Crippen molar-refractivity contribution in [3.63, 3.8) is 0 Å². The van der Waals surface area contributed by atoms with E-state index in [2.05, 4.69) is 24.8 Å². The molecule has 0 heterocycles. The molecule has 1 unspecified atom stereocenters. The Kier molecular flexibility index (Phi) is 5.13. The van der Waals surface area contributed by atoms with Gasteiger partial charge in [-0.25, -0.2) is 4.79 Å². The van der Waals surface area contributed by atoms with E-state index in [1.807, 2.05) is 19.2 Å². The number of hydrogen-bond donors (Lipinski definition) is 1. The Bertz CT molecular complexity index is 529. The third kappa shape index (κ3) is 3.85. The Balaban J connectivity index is 3.10. The molecule has 1 N–H and O–H groups in total. The number of carboxylic acid groups (broad SMARTS) is 1. The Labute approximate surface area is 113 Å². The minimum Gasteiger partial charge on any atom is -0.478 e. The maximum absolute atomic E-state index is 10.5. The molecule has 1 aromatic rings. The molecule has 0 aromatic heterocycles. The lowest BCUT2D eigenvalue weighted by Gasteiger charge is -2.27. The standard InChI is InChI=1S/C15H18N2O2/c1-4-11(2)17(3)14-7-5-12(6-8-15(18)19)9-13(14)10-16/h5-9,11H,4H2,1-3H3,(H,18,19)/b8-6+. The van der Waals surface area contributed by atoms with E-state index in [1.54, 1.807) is 6.07 Å². The fraction of sp³-hybridized carbons (Fsp3) is 0.333. The molecule has 0 fully saturated rings. The Hall–Kier alpha value is -2.28. The lowest BCUT2D eigenvalue weighted by molar-refractivity contribution is -0.131. The van der Waals surface area contributed by atoms with Gasteiger partial charge >= 0.3 is 5.97 Å². The summed E-state index contributed by atoms with van der Waals surface area (Å²) in [6.07, 6.45) is 3.53. The van der Waals surface area contributed by atoms with Crippen LogP contribution in [0.5, 0.6) is 0 Å². The van der Waals surface area contributed by atoms with Crippen molar-refractivity contribution in [1.82, 2.24) is 0 Å². The van der Waals surface area contributed by atoms with Crippen LogP contribution in [-0.4, -0.2) is 24.2 Å². The average Bonchev–Trinajstić information content (AvgIpc) is 2.42. The van der Waals surface area contributed by atoms with Crippen molar-refractivity contribution >= 4 is 17.7 Å². The maximum atomic E-state index is 10.5. The molecule has 0 aliphatic heterocycles. The normalized spacial score (nSPS) is 12.1. The predicted molar refractivity (Wildman–Crippen MR) is 76.0 cm³/mol. The molecule has 4 nitrogen and oxygen atoms in total. The topological polar surface area (TPSA) is 64.3 Å². The highest BCUT2D eigenvalue weighted by Crippen LogP contribution is 2.23. The number of aliphatic carboxylic acids is 1. The lowest BCUT2D eigenvalue weighted by atomic mass is 10.1. The van der Waals surface area contributed by atoms with Crippen molar-refractivity contribution in [2.45, 2.75) is 26.3 Å². The van der Waals surface area contributed by atoms with Crippen molar-refractivity contribution in [1.29, 1.82) is 5.26 Å². The lowest BCUT2D eigenvalue weighted by Crippen LogP contribution is -2.28. The number of nitrogens with zero attached hydrogens (tertiary/aromatic N) is 2. The fourth-order valence-electron chi connectivity index (χ4n) is 1.73. The monoisotopic (exact) mass is 258 g/mol. The SMILES string of the molecule is CCC(C)N(C)c1ccc(/C=C/C(=O)O)cc1C#N. The van der Waals surface area contributed by atoms with Crippen LogP contribution in [0.2, 0.25) is 0 Å². The van der Waals surface area contributed by atoms with Gasteiger partial charge in [-0.05, 0) is 37.1 Å². The van der Waals surface area contributed by atoms with Crippen LogP contribution in [0.15, 0.2) is 24.3 Å². The second-order valence-corrected chi connectivity index (χ2v) is 4.43. The van der Waals surface area contributed by atoms with E-state index in [9.17, 15) is 10.1 Å². The molecular formula is C15H18N2O2. The molecule has 0 aliphatic rings. The summed E-state index contributed by atoms with van der Waals surface area (Å²) in [6.45, 7) is 4.19. The van der Waals surface area contributed by atoms with E-state index in [0.717, 1.165) is 18.2 Å². The third-order valence-corrected chi connectivity index (χ3v) is 3.19. The summed E-state index contributed by atoms with van der Waals surface area (Å²) >= 11 is 0. The minimum absolute atomic E-state index is 0.340. The third-order valence-electron chi connectivity index (χ3n) is 3.19. The van der Waals surface area contributed by atoms with E-state index in [4.69, 9.17) is 5.11 Å². The molecule has 4 heteroatoms. The van der Waals surface area contributed by atoms with Crippen molar-refractivity contribution in [2.24, 2.45) is 0 Å². The summed E-state index contributed by atoms with van der Waals surface area (Å²) < 4.78 is 0. The van der Waals surface area contributed by atoms with E-state index in [1.165, 1.54) is 6.08 Å². The molecular weight excluding hydrogens is 240 g/mol. The number of benzene rings is 1. The number of nitriles is 1. The molecule has 19 heavy (non-hydrogen) atoms. The summed E-state index contributed by atoms with van der Waals surface area (Å²) in [5.41, 5.74) is 2.12. The van der Waals surface area contributed by atoms with Gasteiger partial charge in [-0.2, -0.15) is 5.26 Å². The minimum atomic E-state index is -1.00. The second kappa shape index (κ2) is 6.60. The maximum Gasteiger partial charge on any atom is 0.328 e. The molecule has 100 valence electrons. The fourth-order valence-corrected chi connectivity index (χ4v) is 1.73. The highest BCUT2D eigenvalue weighted by atomic mass is 16.4. The summed E-state index contributed by atoms with van der Waals surface area (Å²) in [6, 6.07) is 7.87. The molecule has 1 rings (SSSR count). The Morgan fingerprint density at radius 1 is 1.58 bits per heavy atom. The molecule has 1 atom stereocenters. The summed E-state index contributed by atoms with van der Waals surface area (Å²) in [4.78, 5) is 12.5. The highest BCUT2D eigenvalue weighted by molar-refractivity contribution is 5.85. The van der Waals surface area contributed by atoms with Gasteiger partial charge in [-0.3, -0.25) is 0 Å². The molecule has 0 amide bonds. The first kappa shape index (κ1) is 14.8. The van der Waals surface area contributed by atoms with Crippen LogP contribution < -0.4 is 4.90 Å². The largest absolute Gasteiger partial charge is 0.478 e. The van der Waals surface area contributed by atoms with Crippen LogP contribution in [0, 0.1) is 11.3 Å². The Morgan fingerprint density at radius 2 is 2.26 bits per heavy atom. The van der Waals surface area contributed by atoms with Crippen molar-refractivity contribution < 1.29 is 9.90 Å². The van der Waals surface area contributed by atoms with Gasteiger partial charge < -0.3 is 10.0 Å². The molecule has 0 radical (unpaired) electrons. The van der Waals surface area contributed by atoms with Gasteiger partial charge in [-0.1, -0.05) is 13.0 Å². The first-order valence-electron chi connectivity index (χ1n) is 6.17. The van der Waals surface area contributed by atoms with Gasteiger partial charge in [0.15, 0.2) is 0 Å². The number of anilines is 1. The summed E-state index contributed by atoms with van der Waals surface area (Å²) in [7, 11) is 1.96. The Morgan fingerprint density at radius 3 is 2.79 bits per heavy atom. The smallest absolute Gasteiger partial charge is 0.328 e. The first-order chi connectivity index (χ1) is 8.99. The van der Waals surface area contributed by atoms with Crippen LogP contribution in [-0.2, 0) is 4.79 Å². The van der Waals surface area contributed by atoms with E-state index in [0.29, 0.717) is 17.2 Å². The van der Waals surface area contributed by atoms with E-state index < -0.39 is 5.97 Å². The number of hydrogen-bond acceptors (Lipinski definition) is 3. The van der Waals surface area contributed by atoms with Gasteiger partial charge in [0.05, 0.1) is 11.3 Å². The molecule has 1 aromatic carbocycles. The van der Waals surface area contributed by atoms with Crippen LogP contribution >= 0.6 is 0 Å². The zero-order valence-corrected chi connectivity index (χ0v) is 11.4. The summed E-state index contributed by atoms with van der Waals surface area (Å²) in [5.74, 6) is -1.00. The van der Waals surface area contributed by atoms with E-state index in [-0.39, 0.29) is 0 Å². The zero-order chi connectivity index (χ0) is 14.4. The van der Waals surface area contributed by atoms with Gasteiger partial charge in [0, 0.05) is 19.2 Å². The molecule has 0 aliphatic carbocycles. The average molecular weight is 258 g/mol. The van der Waals surface area contributed by atoms with Crippen molar-refractivity contribution in [3.05, 3.63) is 35.4 Å². The number of carbonyl (C=O) groups is 1. The number of carboxylic acids is 1. The van der Waals surface area contributed by atoms with Gasteiger partial charge in [0.2, 0.25) is 0 Å². The zero-order valence-electron chi connectivity index (χ0n) is 11.4. The van der Waals surface area contributed by atoms with Crippen molar-refractivity contribution in [3.8, 4) is 6.07 Å². The van der Waals surface area contributed by atoms with Crippen molar-refractivity contribution in [2.75, 3.05) is 11.9 Å². The van der Waals surface area contributed by atoms with Gasteiger partial charge in [0.25, 0.3) is 0 Å². The van der Waals surface area contributed by atoms with Crippen LogP contribution in [0.4, 0.5) is 5.69 Å². The molecule has 0 bridgehead atoms. The molecule has 0 spiro atoms. The molecule has 0 saturated carbocycles. The number of rotatable bonds is 5. The van der Waals surface area contributed by atoms with Gasteiger partial charge in [-0.15, -0.1) is 0 Å². The summed E-state index contributed by atoms with van der Waals surface area (Å²) in [5, 5.41) is 17.8. The van der Waals surface area contributed by atoms with E-state index >= 15 is 0 Å². The molecule has 0 saturated heterocycles. The second-order valence-electron chi connectivity index (χ2n) is 4.43. The van der Waals surface area contributed by atoms with Crippen LogP contribution in [0.3, 0.4) is 0 Å². The first-order valence-corrected chi connectivity index (χ1v) is 6.17. The van der Waals surface area contributed by atoms with Crippen LogP contribution in [0.1, 0.15) is 31.4 Å². The van der Waals surface area contributed by atoms with Gasteiger partial charge in [0.1, 0.15) is 6.07 Å².